The highest BCUT2D eigenvalue weighted by atomic mass is 35.5. The van der Waals surface area contributed by atoms with Gasteiger partial charge in [-0.2, -0.15) is 0 Å². The van der Waals surface area contributed by atoms with Gasteiger partial charge in [-0.15, -0.1) is 12.4 Å². The molecule has 15 heavy (non-hydrogen) atoms. The minimum atomic E-state index is -0.531. The van der Waals surface area contributed by atoms with E-state index in [9.17, 15) is 4.39 Å². The number of aliphatic hydroxyl groups excluding tert-OH is 1. The molecule has 1 aromatic carbocycles. The lowest BCUT2D eigenvalue weighted by molar-refractivity contribution is 0.273. The lowest BCUT2D eigenvalue weighted by Gasteiger charge is -2.15. The number of benzene rings is 1. The second-order valence-electron chi connectivity index (χ2n) is 2.97. The van der Waals surface area contributed by atoms with Crippen LogP contribution in [0.25, 0.3) is 0 Å². The Morgan fingerprint density at radius 2 is 2.20 bits per heavy atom. The summed E-state index contributed by atoms with van der Waals surface area (Å²) >= 11 is 0. The molecule has 0 spiro atoms. The molecule has 1 atom stereocenters. The largest absolute Gasteiger partial charge is 0.496 e. The van der Waals surface area contributed by atoms with Crippen molar-refractivity contribution in [3.05, 3.63) is 29.6 Å². The molecule has 0 unspecified atom stereocenters. The van der Waals surface area contributed by atoms with Gasteiger partial charge < -0.3 is 15.6 Å². The van der Waals surface area contributed by atoms with Crippen LogP contribution in [0.3, 0.4) is 0 Å². The third-order valence-electron chi connectivity index (χ3n) is 2.04. The predicted octanol–water partition coefficient (Wildman–Crippen LogP) is 1.64. The Bertz CT molecular complexity index is 309. The van der Waals surface area contributed by atoms with Crippen LogP contribution >= 0.6 is 12.4 Å². The summed E-state index contributed by atoms with van der Waals surface area (Å²) in [4.78, 5) is 0. The van der Waals surface area contributed by atoms with E-state index in [-0.39, 0.29) is 19.0 Å². The topological polar surface area (TPSA) is 55.5 Å². The zero-order valence-corrected chi connectivity index (χ0v) is 9.26. The van der Waals surface area contributed by atoms with Gasteiger partial charge in [0, 0.05) is 18.2 Å². The Balaban J connectivity index is 0.00000196. The minimum Gasteiger partial charge on any atom is -0.496 e. The number of halogens is 2. The molecular formula is C10H15ClFNO2. The summed E-state index contributed by atoms with van der Waals surface area (Å²) < 4.78 is 18.4. The van der Waals surface area contributed by atoms with Gasteiger partial charge in [0.15, 0.2) is 0 Å². The summed E-state index contributed by atoms with van der Waals surface area (Å²) in [6.45, 7) is -0.0708. The molecule has 3 nitrogen and oxygen atoms in total. The van der Waals surface area contributed by atoms with Crippen LogP contribution in [0.15, 0.2) is 18.2 Å². The van der Waals surface area contributed by atoms with Gasteiger partial charge in [0.1, 0.15) is 11.6 Å². The maximum Gasteiger partial charge on any atom is 0.131 e. The van der Waals surface area contributed by atoms with Gasteiger partial charge in [0.2, 0.25) is 0 Å². The SMILES string of the molecule is COc1cccc(F)c1[C@H](N)CCO.Cl. The Hall–Kier alpha value is -0.840. The Morgan fingerprint density at radius 3 is 2.73 bits per heavy atom. The van der Waals surface area contributed by atoms with Crippen LogP contribution in [0.4, 0.5) is 4.39 Å². The van der Waals surface area contributed by atoms with Crippen molar-refractivity contribution in [1.29, 1.82) is 0 Å². The van der Waals surface area contributed by atoms with Crippen molar-refractivity contribution < 1.29 is 14.2 Å². The van der Waals surface area contributed by atoms with Gasteiger partial charge in [0.25, 0.3) is 0 Å². The Morgan fingerprint density at radius 1 is 1.53 bits per heavy atom. The normalized spacial score (nSPS) is 11.7. The van der Waals surface area contributed by atoms with Crippen molar-refractivity contribution in [1.82, 2.24) is 0 Å². The molecule has 0 saturated heterocycles. The van der Waals surface area contributed by atoms with Gasteiger partial charge >= 0.3 is 0 Å². The first-order valence-corrected chi connectivity index (χ1v) is 4.39. The summed E-state index contributed by atoms with van der Waals surface area (Å²) in [5.41, 5.74) is 6.03. The summed E-state index contributed by atoms with van der Waals surface area (Å²) in [5, 5.41) is 8.71. The second-order valence-corrected chi connectivity index (χ2v) is 2.97. The van der Waals surface area contributed by atoms with E-state index in [1.165, 1.54) is 13.2 Å². The summed E-state index contributed by atoms with van der Waals surface area (Å²) in [7, 11) is 1.46. The summed E-state index contributed by atoms with van der Waals surface area (Å²) in [6.07, 6.45) is 0.317. The molecule has 0 saturated carbocycles. The average molecular weight is 236 g/mol. The number of aliphatic hydroxyl groups is 1. The lowest BCUT2D eigenvalue weighted by Crippen LogP contribution is -2.14. The molecule has 0 aliphatic rings. The quantitative estimate of drug-likeness (QED) is 0.834. The van der Waals surface area contributed by atoms with Crippen molar-refractivity contribution in [2.24, 2.45) is 5.73 Å². The number of methoxy groups -OCH3 is 1. The van der Waals surface area contributed by atoms with Crippen molar-refractivity contribution in [3.63, 3.8) is 0 Å². The van der Waals surface area contributed by atoms with Crippen molar-refractivity contribution in [2.75, 3.05) is 13.7 Å². The second kappa shape index (κ2) is 6.61. The maximum atomic E-state index is 13.4. The van der Waals surface area contributed by atoms with E-state index in [0.29, 0.717) is 17.7 Å². The molecule has 0 heterocycles. The maximum absolute atomic E-state index is 13.4. The lowest BCUT2D eigenvalue weighted by atomic mass is 10.0. The van der Waals surface area contributed by atoms with Crippen molar-refractivity contribution in [2.45, 2.75) is 12.5 Å². The van der Waals surface area contributed by atoms with Gasteiger partial charge in [-0.3, -0.25) is 0 Å². The zero-order valence-electron chi connectivity index (χ0n) is 8.44. The average Bonchev–Trinajstić information content (AvgIpc) is 2.17. The van der Waals surface area contributed by atoms with Gasteiger partial charge in [-0.05, 0) is 18.6 Å². The van der Waals surface area contributed by atoms with Gasteiger partial charge in [0.05, 0.1) is 7.11 Å². The smallest absolute Gasteiger partial charge is 0.131 e. The molecule has 0 aliphatic heterocycles. The molecule has 0 aliphatic carbocycles. The van der Waals surface area contributed by atoms with Gasteiger partial charge in [-0.1, -0.05) is 6.07 Å². The first-order valence-electron chi connectivity index (χ1n) is 4.39. The van der Waals surface area contributed by atoms with Crippen LogP contribution in [-0.2, 0) is 0 Å². The zero-order chi connectivity index (χ0) is 10.6. The molecule has 1 rings (SSSR count). The van der Waals surface area contributed by atoms with E-state index in [1.54, 1.807) is 12.1 Å². The Kier molecular flexibility index (Phi) is 6.24. The van der Waals surface area contributed by atoms with Crippen LogP contribution in [-0.4, -0.2) is 18.8 Å². The van der Waals surface area contributed by atoms with Gasteiger partial charge in [-0.25, -0.2) is 4.39 Å². The molecule has 0 amide bonds. The molecular weight excluding hydrogens is 221 g/mol. The van der Waals surface area contributed by atoms with E-state index in [4.69, 9.17) is 15.6 Å². The van der Waals surface area contributed by atoms with E-state index in [2.05, 4.69) is 0 Å². The monoisotopic (exact) mass is 235 g/mol. The number of hydrogen-bond acceptors (Lipinski definition) is 3. The summed E-state index contributed by atoms with van der Waals surface area (Å²) in [5.74, 6) is 0.0243. The van der Waals surface area contributed by atoms with Crippen LogP contribution in [0, 0.1) is 5.82 Å². The predicted molar refractivity (Wildman–Crippen MR) is 58.8 cm³/mol. The highest BCUT2D eigenvalue weighted by molar-refractivity contribution is 5.85. The number of nitrogens with two attached hydrogens (primary N) is 1. The highest BCUT2D eigenvalue weighted by Crippen LogP contribution is 2.27. The number of hydrogen-bond donors (Lipinski definition) is 2. The molecule has 0 radical (unpaired) electrons. The molecule has 1 aromatic rings. The van der Waals surface area contributed by atoms with E-state index in [1.807, 2.05) is 0 Å². The highest BCUT2D eigenvalue weighted by Gasteiger charge is 2.15. The first kappa shape index (κ1) is 14.2. The molecule has 0 bridgehead atoms. The fraction of sp³-hybridized carbons (Fsp3) is 0.400. The first-order chi connectivity index (χ1) is 6.70. The molecule has 0 aromatic heterocycles. The molecule has 86 valence electrons. The van der Waals surface area contributed by atoms with Crippen LogP contribution in [0.2, 0.25) is 0 Å². The molecule has 0 fully saturated rings. The fourth-order valence-corrected chi connectivity index (χ4v) is 1.34. The Labute approximate surface area is 94.5 Å². The third kappa shape index (κ3) is 3.34. The van der Waals surface area contributed by atoms with Crippen LogP contribution in [0.1, 0.15) is 18.0 Å². The molecule has 3 N–H and O–H groups in total. The van der Waals surface area contributed by atoms with E-state index >= 15 is 0 Å². The van der Waals surface area contributed by atoms with Crippen molar-refractivity contribution in [3.8, 4) is 5.75 Å². The molecule has 5 heteroatoms. The van der Waals surface area contributed by atoms with E-state index < -0.39 is 11.9 Å². The van der Waals surface area contributed by atoms with Crippen LogP contribution < -0.4 is 10.5 Å². The van der Waals surface area contributed by atoms with Crippen LogP contribution in [0.5, 0.6) is 5.75 Å². The summed E-state index contributed by atoms with van der Waals surface area (Å²) in [6, 6.07) is 4.00. The standard InChI is InChI=1S/C10H14FNO2.ClH/c1-14-9-4-2-3-7(11)10(9)8(12)5-6-13;/h2-4,8,13H,5-6,12H2,1H3;1H/t8-;/m1./s1. The number of ether oxygens (including phenoxy) is 1. The van der Waals surface area contributed by atoms with Crippen molar-refractivity contribution >= 4 is 12.4 Å². The van der Waals surface area contributed by atoms with E-state index in [0.717, 1.165) is 0 Å². The third-order valence-corrected chi connectivity index (χ3v) is 2.04. The minimum absolute atomic E-state index is 0. The fourth-order valence-electron chi connectivity index (χ4n) is 1.34. The number of rotatable bonds is 4.